The molecule has 0 fully saturated rings. The molecule has 0 radical (unpaired) electrons. The van der Waals surface area contributed by atoms with E-state index in [9.17, 15) is 0 Å². The molecule has 2 N–H and O–H groups in total. The van der Waals surface area contributed by atoms with Gasteiger partial charge in [-0.15, -0.1) is 5.10 Å². The molecule has 0 spiro atoms. The summed E-state index contributed by atoms with van der Waals surface area (Å²) in [5.74, 6) is 0.474. The standard InChI is InChI=1S/C4H6BrN3O/c1-2(9)3-6-4(5)8-7-3/h2,9H,1H3,(H,6,7,8). The van der Waals surface area contributed by atoms with Gasteiger partial charge in [-0.2, -0.15) is 0 Å². The second-order valence-corrected chi connectivity index (χ2v) is 2.37. The summed E-state index contributed by atoms with van der Waals surface area (Å²) in [7, 11) is 0. The Labute approximate surface area is 60.4 Å². The summed E-state index contributed by atoms with van der Waals surface area (Å²) in [6, 6.07) is 0. The normalized spacial score (nSPS) is 13.7. The van der Waals surface area contributed by atoms with Crippen molar-refractivity contribution in [2.75, 3.05) is 0 Å². The van der Waals surface area contributed by atoms with Crippen LogP contribution in [0.1, 0.15) is 18.9 Å². The summed E-state index contributed by atoms with van der Waals surface area (Å²) in [5.41, 5.74) is 0. The van der Waals surface area contributed by atoms with Gasteiger partial charge in [0.05, 0.1) is 0 Å². The smallest absolute Gasteiger partial charge is 0.217 e. The zero-order chi connectivity index (χ0) is 6.85. The third kappa shape index (κ3) is 1.49. The van der Waals surface area contributed by atoms with Crippen LogP contribution in [0.3, 0.4) is 0 Å². The molecule has 0 saturated heterocycles. The maximum Gasteiger partial charge on any atom is 0.217 e. The Morgan fingerprint density at radius 2 is 2.44 bits per heavy atom. The SMILES string of the molecule is CC(O)c1nc(Br)n[nH]1. The second kappa shape index (κ2) is 2.45. The molecule has 5 heteroatoms. The Bertz CT molecular complexity index is 197. The predicted octanol–water partition coefficient (Wildman–Crippen LogP) is 0.620. The van der Waals surface area contributed by atoms with E-state index in [4.69, 9.17) is 5.11 Å². The molecule has 1 heterocycles. The highest BCUT2D eigenvalue weighted by Gasteiger charge is 2.04. The molecule has 0 aliphatic rings. The van der Waals surface area contributed by atoms with Crippen LogP contribution in [0.25, 0.3) is 0 Å². The van der Waals surface area contributed by atoms with E-state index in [1.807, 2.05) is 0 Å². The number of rotatable bonds is 1. The van der Waals surface area contributed by atoms with Gasteiger partial charge >= 0.3 is 0 Å². The first kappa shape index (κ1) is 6.70. The van der Waals surface area contributed by atoms with Gasteiger partial charge in [0, 0.05) is 0 Å². The zero-order valence-corrected chi connectivity index (χ0v) is 6.38. The van der Waals surface area contributed by atoms with Crippen molar-refractivity contribution >= 4 is 15.9 Å². The van der Waals surface area contributed by atoms with E-state index in [1.54, 1.807) is 6.92 Å². The molecule has 1 aromatic heterocycles. The number of aliphatic hydroxyl groups excluding tert-OH is 1. The van der Waals surface area contributed by atoms with Crippen molar-refractivity contribution in [2.24, 2.45) is 0 Å². The fourth-order valence-corrected chi connectivity index (χ4v) is 0.719. The van der Waals surface area contributed by atoms with E-state index in [1.165, 1.54) is 0 Å². The molecule has 0 aliphatic heterocycles. The fourth-order valence-electron chi connectivity index (χ4n) is 0.440. The van der Waals surface area contributed by atoms with Gasteiger partial charge in [-0.25, -0.2) is 4.98 Å². The average Bonchev–Trinajstić information content (AvgIpc) is 2.14. The summed E-state index contributed by atoms with van der Waals surface area (Å²) in [6.45, 7) is 1.62. The molecule has 0 aromatic carbocycles. The van der Waals surface area contributed by atoms with Crippen molar-refractivity contribution < 1.29 is 5.11 Å². The first-order valence-electron chi connectivity index (χ1n) is 2.46. The van der Waals surface area contributed by atoms with Crippen molar-refractivity contribution in [1.29, 1.82) is 0 Å². The zero-order valence-electron chi connectivity index (χ0n) is 4.80. The third-order valence-corrected chi connectivity index (χ3v) is 1.23. The number of H-pyrrole nitrogens is 1. The lowest BCUT2D eigenvalue weighted by atomic mass is 10.4. The van der Waals surface area contributed by atoms with Crippen LogP contribution in [0.5, 0.6) is 0 Å². The minimum Gasteiger partial charge on any atom is -0.385 e. The molecule has 1 unspecified atom stereocenters. The van der Waals surface area contributed by atoms with Crippen LogP contribution in [0.4, 0.5) is 0 Å². The third-order valence-electron chi connectivity index (χ3n) is 0.871. The summed E-state index contributed by atoms with van der Waals surface area (Å²) < 4.78 is 0.471. The number of halogens is 1. The summed E-state index contributed by atoms with van der Waals surface area (Å²) in [6.07, 6.45) is -0.580. The van der Waals surface area contributed by atoms with Crippen LogP contribution in [-0.4, -0.2) is 20.3 Å². The van der Waals surface area contributed by atoms with Crippen LogP contribution < -0.4 is 0 Å². The minimum absolute atomic E-state index is 0.471. The molecule has 0 bridgehead atoms. The number of hydrogen-bond donors (Lipinski definition) is 2. The van der Waals surface area contributed by atoms with Crippen LogP contribution in [-0.2, 0) is 0 Å². The maximum atomic E-state index is 8.88. The molecule has 1 rings (SSSR count). The lowest BCUT2D eigenvalue weighted by Gasteiger charge is -1.93. The van der Waals surface area contributed by atoms with E-state index in [2.05, 4.69) is 31.1 Å². The van der Waals surface area contributed by atoms with E-state index < -0.39 is 6.10 Å². The molecular formula is C4H6BrN3O. The summed E-state index contributed by atoms with van der Waals surface area (Å²) in [5, 5.41) is 15.1. The number of nitrogens with zero attached hydrogens (tertiary/aromatic N) is 2. The molecular weight excluding hydrogens is 186 g/mol. The average molecular weight is 192 g/mol. The van der Waals surface area contributed by atoms with E-state index in [0.29, 0.717) is 10.6 Å². The highest BCUT2D eigenvalue weighted by molar-refractivity contribution is 9.10. The van der Waals surface area contributed by atoms with Crippen molar-refractivity contribution in [3.8, 4) is 0 Å². The van der Waals surface area contributed by atoms with Crippen LogP contribution in [0.2, 0.25) is 0 Å². The highest BCUT2D eigenvalue weighted by Crippen LogP contribution is 2.07. The first-order chi connectivity index (χ1) is 4.20. The quantitative estimate of drug-likeness (QED) is 0.685. The first-order valence-corrected chi connectivity index (χ1v) is 3.25. The van der Waals surface area contributed by atoms with Crippen LogP contribution in [0, 0.1) is 0 Å². The van der Waals surface area contributed by atoms with Gasteiger partial charge in [0.15, 0.2) is 5.82 Å². The number of aliphatic hydroxyl groups is 1. The molecule has 9 heavy (non-hydrogen) atoms. The number of aromatic nitrogens is 3. The van der Waals surface area contributed by atoms with Gasteiger partial charge in [0.1, 0.15) is 6.10 Å². The summed E-state index contributed by atoms with van der Waals surface area (Å²) >= 11 is 3.04. The Kier molecular flexibility index (Phi) is 1.82. The van der Waals surface area contributed by atoms with E-state index in [0.717, 1.165) is 0 Å². The lowest BCUT2D eigenvalue weighted by molar-refractivity contribution is 0.189. The van der Waals surface area contributed by atoms with Gasteiger partial charge in [-0.3, -0.25) is 5.10 Å². The topological polar surface area (TPSA) is 61.8 Å². The van der Waals surface area contributed by atoms with Gasteiger partial charge in [-0.05, 0) is 22.9 Å². The highest BCUT2D eigenvalue weighted by atomic mass is 79.9. The van der Waals surface area contributed by atoms with E-state index in [-0.39, 0.29) is 0 Å². The number of aromatic amines is 1. The van der Waals surface area contributed by atoms with Gasteiger partial charge in [-0.1, -0.05) is 0 Å². The number of hydrogen-bond acceptors (Lipinski definition) is 3. The largest absolute Gasteiger partial charge is 0.385 e. The second-order valence-electron chi connectivity index (χ2n) is 1.67. The molecule has 0 aliphatic carbocycles. The van der Waals surface area contributed by atoms with Gasteiger partial charge in [0.2, 0.25) is 4.73 Å². The van der Waals surface area contributed by atoms with Gasteiger partial charge < -0.3 is 5.11 Å². The van der Waals surface area contributed by atoms with Crippen LogP contribution >= 0.6 is 15.9 Å². The maximum absolute atomic E-state index is 8.88. The Morgan fingerprint density at radius 1 is 1.78 bits per heavy atom. The van der Waals surface area contributed by atoms with Crippen molar-refractivity contribution in [1.82, 2.24) is 15.2 Å². The molecule has 1 atom stereocenters. The number of nitrogens with one attached hydrogen (secondary N) is 1. The fraction of sp³-hybridized carbons (Fsp3) is 0.500. The van der Waals surface area contributed by atoms with Crippen molar-refractivity contribution in [3.63, 3.8) is 0 Å². The van der Waals surface area contributed by atoms with E-state index >= 15 is 0 Å². The monoisotopic (exact) mass is 191 g/mol. The Morgan fingerprint density at radius 3 is 2.67 bits per heavy atom. The van der Waals surface area contributed by atoms with Gasteiger partial charge in [0.25, 0.3) is 0 Å². The molecule has 4 nitrogen and oxygen atoms in total. The predicted molar refractivity (Wildman–Crippen MR) is 34.7 cm³/mol. The molecule has 0 saturated carbocycles. The Balaban J connectivity index is 2.85. The van der Waals surface area contributed by atoms with Crippen LogP contribution in [0.15, 0.2) is 4.73 Å². The molecule has 50 valence electrons. The lowest BCUT2D eigenvalue weighted by Crippen LogP contribution is -1.92. The minimum atomic E-state index is -0.580. The van der Waals surface area contributed by atoms with Crippen molar-refractivity contribution in [2.45, 2.75) is 13.0 Å². The summed E-state index contributed by atoms with van der Waals surface area (Å²) in [4.78, 5) is 3.81. The molecule has 1 aromatic rings. The molecule has 0 amide bonds. The van der Waals surface area contributed by atoms with Crippen molar-refractivity contribution in [3.05, 3.63) is 10.6 Å². The Hall–Kier alpha value is -0.420.